The fraction of sp³-hybridized carbons (Fsp3) is 0.700. The van der Waals surface area contributed by atoms with Gasteiger partial charge in [0.1, 0.15) is 23.9 Å². The minimum Gasteiger partial charge on any atom is -0.458 e. The number of hydrogen-bond donors (Lipinski definition) is 1. The molecule has 1 amide bonds. The summed E-state index contributed by atoms with van der Waals surface area (Å²) < 4.78 is 26.7. The Kier molecular flexibility index (Phi) is 12.0. The number of aliphatic hydroxyl groups excluding tert-OH is 1. The van der Waals surface area contributed by atoms with Crippen LogP contribution in [-0.4, -0.2) is 87.6 Å². The number of ether oxygens (including phenoxy) is 4. The van der Waals surface area contributed by atoms with E-state index in [-0.39, 0.29) is 23.6 Å². The summed E-state index contributed by atoms with van der Waals surface area (Å²) in [6.45, 7) is 17.6. The molecule has 5 rings (SSSR count). The van der Waals surface area contributed by atoms with Gasteiger partial charge in [0, 0.05) is 42.6 Å². The van der Waals surface area contributed by atoms with Gasteiger partial charge in [0.2, 0.25) is 0 Å². The third-order valence-corrected chi connectivity index (χ3v) is 11.6. The predicted octanol–water partition coefficient (Wildman–Crippen LogP) is 6.17. The fourth-order valence-electron chi connectivity index (χ4n) is 8.84. The molecule has 2 aromatic rings. The van der Waals surface area contributed by atoms with Crippen molar-refractivity contribution in [1.29, 1.82) is 0 Å². The Bertz CT molecular complexity index is 1570. The van der Waals surface area contributed by atoms with Gasteiger partial charge in [0.25, 0.3) is 0 Å². The molecule has 4 heterocycles. The number of fused-ring (bicyclic) bond motifs is 2. The molecule has 0 radical (unpaired) electrons. The Morgan fingerprint density at radius 1 is 0.922 bits per heavy atom. The standard InChI is InChI=1S/C40H58N2O9/c1-10-30-35-31(42(39(47)50-35)18-13-17-41-19-16-28-14-11-12-15-29(28)41)25(5)32(43)23(3)21-40(8,9)36(26(6)34(45)27(7)37(46)49-30)51-38-33(44)22(2)20-24(4)48-38/h11-12,14-16,19,22-27,30-31,33,35-36,38,44H,10,13,17-18,20-21H2,1-9H3/t22-,23+,24+,25+,26-,27+,30+,31+,33+,35+,36+,38-/m0/s1. The number of ketones is 2. The SMILES string of the molecule is CC[C@H]1OC(=O)[C@H](C)C(=O)[C@H](C)[C@@H](O[C@@H]2O[C@H](C)C[C@H](C)[C@H]2O)C(C)(C)C[C@@H](C)C(=O)[C@H](C)[C@@H]2[C@@H]1OC(=O)N2CCCn1ccc2ccccc21. The highest BCUT2D eigenvalue weighted by Gasteiger charge is 2.53. The molecule has 0 aliphatic carbocycles. The molecule has 1 N–H and O–H groups in total. The molecule has 282 valence electrons. The first-order valence-electron chi connectivity index (χ1n) is 18.8. The van der Waals surface area contributed by atoms with Gasteiger partial charge in [-0.05, 0) is 68.4 Å². The lowest BCUT2D eigenvalue weighted by Crippen LogP contribution is -2.53. The van der Waals surface area contributed by atoms with Crippen molar-refractivity contribution in [3.8, 4) is 0 Å². The number of cyclic esters (lactones) is 1. The number of amides is 1. The topological polar surface area (TPSA) is 134 Å². The van der Waals surface area contributed by atoms with Crippen molar-refractivity contribution >= 4 is 34.5 Å². The second-order valence-electron chi connectivity index (χ2n) is 16.1. The van der Waals surface area contributed by atoms with Crippen molar-refractivity contribution in [1.82, 2.24) is 9.47 Å². The molecule has 3 aliphatic rings. The average Bonchev–Trinajstić information content (AvgIpc) is 3.65. The Hall–Kier alpha value is -3.28. The summed E-state index contributed by atoms with van der Waals surface area (Å²) in [4.78, 5) is 57.4. The lowest BCUT2D eigenvalue weighted by Gasteiger charge is -2.45. The van der Waals surface area contributed by atoms with Crippen molar-refractivity contribution in [2.24, 2.45) is 35.0 Å². The van der Waals surface area contributed by atoms with E-state index in [0.717, 1.165) is 10.9 Å². The van der Waals surface area contributed by atoms with Crippen LogP contribution in [0.2, 0.25) is 0 Å². The Morgan fingerprint density at radius 3 is 2.33 bits per heavy atom. The number of hydrogen-bond acceptors (Lipinski definition) is 9. The third kappa shape index (κ3) is 8.05. The summed E-state index contributed by atoms with van der Waals surface area (Å²) in [5.41, 5.74) is 0.334. The Labute approximate surface area is 302 Å². The zero-order valence-electron chi connectivity index (χ0n) is 31.7. The molecular weight excluding hydrogens is 652 g/mol. The first-order chi connectivity index (χ1) is 24.0. The van der Waals surface area contributed by atoms with Crippen LogP contribution in [0, 0.1) is 35.0 Å². The van der Waals surface area contributed by atoms with Crippen LogP contribution in [0.4, 0.5) is 4.79 Å². The normalized spacial score (nSPS) is 36.8. The number of aliphatic hydroxyl groups is 1. The second-order valence-corrected chi connectivity index (χ2v) is 16.1. The van der Waals surface area contributed by atoms with E-state index in [9.17, 15) is 24.3 Å². The molecule has 0 spiro atoms. The molecule has 0 unspecified atom stereocenters. The number of Topliss-reactive ketones (excluding diaryl/α,β-unsaturated/α-hetero) is 2. The van der Waals surface area contributed by atoms with E-state index >= 15 is 0 Å². The third-order valence-electron chi connectivity index (χ3n) is 11.6. The number of carbonyl (C=O) groups is 4. The van der Waals surface area contributed by atoms with E-state index in [4.69, 9.17) is 18.9 Å². The van der Waals surface area contributed by atoms with E-state index in [1.54, 1.807) is 11.8 Å². The van der Waals surface area contributed by atoms with Crippen LogP contribution in [0.5, 0.6) is 0 Å². The quantitative estimate of drug-likeness (QED) is 0.265. The van der Waals surface area contributed by atoms with E-state index in [0.29, 0.717) is 38.8 Å². The summed E-state index contributed by atoms with van der Waals surface area (Å²) in [6, 6.07) is 9.50. The summed E-state index contributed by atoms with van der Waals surface area (Å²) >= 11 is 0. The van der Waals surface area contributed by atoms with E-state index in [1.165, 1.54) is 6.92 Å². The van der Waals surface area contributed by atoms with Crippen LogP contribution in [0.1, 0.15) is 88.0 Å². The van der Waals surface area contributed by atoms with Gasteiger partial charge < -0.3 is 33.5 Å². The van der Waals surface area contributed by atoms with Crippen LogP contribution >= 0.6 is 0 Å². The van der Waals surface area contributed by atoms with Gasteiger partial charge in [-0.1, -0.05) is 66.7 Å². The molecule has 3 saturated heterocycles. The summed E-state index contributed by atoms with van der Waals surface area (Å²) in [5.74, 6) is -4.28. The molecule has 3 fully saturated rings. The lowest BCUT2D eigenvalue weighted by molar-refractivity contribution is -0.284. The van der Waals surface area contributed by atoms with Gasteiger partial charge in [0.05, 0.1) is 18.2 Å². The number of aryl methyl sites for hydroxylation is 1. The fourth-order valence-corrected chi connectivity index (χ4v) is 8.84. The van der Waals surface area contributed by atoms with Gasteiger partial charge in [0.15, 0.2) is 18.2 Å². The number of benzene rings is 1. The molecule has 11 nitrogen and oxygen atoms in total. The maximum absolute atomic E-state index is 14.4. The molecule has 0 bridgehead atoms. The lowest BCUT2D eigenvalue weighted by atomic mass is 9.70. The highest BCUT2D eigenvalue weighted by atomic mass is 16.7. The van der Waals surface area contributed by atoms with Crippen LogP contribution in [-0.2, 0) is 39.9 Å². The van der Waals surface area contributed by atoms with Crippen molar-refractivity contribution in [3.63, 3.8) is 0 Å². The number of rotatable bonds is 7. The Morgan fingerprint density at radius 2 is 1.63 bits per heavy atom. The maximum atomic E-state index is 14.4. The maximum Gasteiger partial charge on any atom is 0.410 e. The molecule has 1 aromatic carbocycles. The first kappa shape index (κ1) is 38.9. The molecular formula is C40H58N2O9. The van der Waals surface area contributed by atoms with Gasteiger partial charge in [-0.25, -0.2) is 4.79 Å². The van der Waals surface area contributed by atoms with Crippen molar-refractivity contribution < 1.29 is 43.2 Å². The summed E-state index contributed by atoms with van der Waals surface area (Å²) in [7, 11) is 0. The number of para-hydroxylation sites is 1. The second kappa shape index (κ2) is 15.8. The van der Waals surface area contributed by atoms with Gasteiger partial charge >= 0.3 is 12.1 Å². The van der Waals surface area contributed by atoms with E-state index in [1.807, 2.05) is 66.8 Å². The van der Waals surface area contributed by atoms with Gasteiger partial charge in [-0.3, -0.25) is 14.4 Å². The van der Waals surface area contributed by atoms with Crippen molar-refractivity contribution in [2.75, 3.05) is 6.54 Å². The highest BCUT2D eigenvalue weighted by molar-refractivity contribution is 6.00. The molecule has 12 atom stereocenters. The smallest absolute Gasteiger partial charge is 0.410 e. The molecule has 51 heavy (non-hydrogen) atoms. The van der Waals surface area contributed by atoms with E-state index in [2.05, 4.69) is 22.8 Å². The van der Waals surface area contributed by atoms with E-state index < -0.39 is 77.9 Å². The minimum absolute atomic E-state index is 0.0571. The molecule has 0 saturated carbocycles. The van der Waals surface area contributed by atoms with Gasteiger partial charge in [-0.2, -0.15) is 0 Å². The highest BCUT2D eigenvalue weighted by Crippen LogP contribution is 2.41. The van der Waals surface area contributed by atoms with Crippen molar-refractivity contribution in [3.05, 3.63) is 36.5 Å². The van der Waals surface area contributed by atoms with Crippen LogP contribution in [0.3, 0.4) is 0 Å². The van der Waals surface area contributed by atoms with Gasteiger partial charge in [-0.15, -0.1) is 0 Å². The number of carbonyl (C=O) groups excluding carboxylic acids is 4. The Balaban J connectivity index is 1.44. The predicted molar refractivity (Wildman–Crippen MR) is 192 cm³/mol. The summed E-state index contributed by atoms with van der Waals surface area (Å²) in [6.07, 6.45) is -1.12. The largest absolute Gasteiger partial charge is 0.458 e. The zero-order chi connectivity index (χ0) is 37.4. The molecule has 3 aliphatic heterocycles. The van der Waals surface area contributed by atoms with Crippen LogP contribution in [0.15, 0.2) is 36.5 Å². The first-order valence-corrected chi connectivity index (χ1v) is 18.8. The van der Waals surface area contributed by atoms with Crippen LogP contribution < -0.4 is 0 Å². The van der Waals surface area contributed by atoms with Crippen LogP contribution in [0.25, 0.3) is 10.9 Å². The molecule has 1 aromatic heterocycles. The number of aromatic nitrogens is 1. The van der Waals surface area contributed by atoms with Crippen molar-refractivity contribution in [2.45, 2.75) is 137 Å². The molecule has 11 heteroatoms. The minimum atomic E-state index is -1.13. The average molecular weight is 711 g/mol. The summed E-state index contributed by atoms with van der Waals surface area (Å²) in [5, 5.41) is 12.2. The zero-order valence-corrected chi connectivity index (χ0v) is 31.7. The number of nitrogens with zero attached hydrogens (tertiary/aromatic N) is 2. The number of esters is 1. The monoisotopic (exact) mass is 710 g/mol.